The Hall–Kier alpha value is -1.19. The second-order valence-corrected chi connectivity index (χ2v) is 3.80. The Morgan fingerprint density at radius 1 is 1.07 bits per heavy atom. The molecular formula is C10H7Cl2N3. The van der Waals surface area contributed by atoms with Gasteiger partial charge in [-0.25, -0.2) is 9.97 Å². The molecule has 2 aromatic heterocycles. The fraction of sp³-hybridized carbons (Fsp3) is 0.100. The molecule has 76 valence electrons. The lowest BCUT2D eigenvalue weighted by Crippen LogP contribution is -1.92. The monoisotopic (exact) mass is 239 g/mol. The Kier molecular flexibility index (Phi) is 2.84. The van der Waals surface area contributed by atoms with Crippen LogP contribution in [0.25, 0.3) is 11.4 Å². The molecule has 5 heteroatoms. The van der Waals surface area contributed by atoms with Crippen molar-refractivity contribution in [3.05, 3.63) is 40.4 Å². The minimum atomic E-state index is 0.224. The van der Waals surface area contributed by atoms with E-state index in [1.807, 2.05) is 13.0 Å². The van der Waals surface area contributed by atoms with Crippen LogP contribution in [-0.2, 0) is 0 Å². The number of rotatable bonds is 1. The van der Waals surface area contributed by atoms with Crippen LogP contribution < -0.4 is 0 Å². The van der Waals surface area contributed by atoms with Gasteiger partial charge in [-0.1, -0.05) is 11.6 Å². The van der Waals surface area contributed by atoms with Crippen molar-refractivity contribution < 1.29 is 0 Å². The highest BCUT2D eigenvalue weighted by atomic mass is 35.5. The van der Waals surface area contributed by atoms with Crippen molar-refractivity contribution in [3.63, 3.8) is 0 Å². The average Bonchev–Trinajstić information content (AvgIpc) is 2.17. The quantitative estimate of drug-likeness (QED) is 0.718. The Labute approximate surface area is 97.1 Å². The Bertz CT molecular complexity index is 462. The summed E-state index contributed by atoms with van der Waals surface area (Å²) in [6.07, 6.45) is 1.57. The van der Waals surface area contributed by atoms with E-state index in [0.717, 1.165) is 11.4 Å². The van der Waals surface area contributed by atoms with Gasteiger partial charge in [0.1, 0.15) is 0 Å². The van der Waals surface area contributed by atoms with E-state index in [1.54, 1.807) is 18.3 Å². The average molecular weight is 240 g/mol. The summed E-state index contributed by atoms with van der Waals surface area (Å²) in [6, 6.07) is 5.37. The van der Waals surface area contributed by atoms with Gasteiger partial charge in [-0.3, -0.25) is 4.98 Å². The second kappa shape index (κ2) is 4.13. The zero-order chi connectivity index (χ0) is 10.8. The smallest absolute Gasteiger partial charge is 0.223 e. The molecule has 0 amide bonds. The van der Waals surface area contributed by atoms with E-state index in [2.05, 4.69) is 15.0 Å². The summed E-state index contributed by atoms with van der Waals surface area (Å²) in [4.78, 5) is 12.2. The maximum Gasteiger partial charge on any atom is 0.223 e. The first-order valence-electron chi connectivity index (χ1n) is 4.28. The first-order valence-corrected chi connectivity index (χ1v) is 5.04. The molecule has 0 fully saturated rings. The van der Waals surface area contributed by atoms with Gasteiger partial charge in [0.25, 0.3) is 0 Å². The van der Waals surface area contributed by atoms with Crippen LogP contribution in [0.4, 0.5) is 0 Å². The van der Waals surface area contributed by atoms with Gasteiger partial charge in [0.05, 0.1) is 16.4 Å². The minimum absolute atomic E-state index is 0.224. The zero-order valence-electron chi connectivity index (χ0n) is 7.91. The van der Waals surface area contributed by atoms with Crippen molar-refractivity contribution in [2.75, 3.05) is 0 Å². The summed E-state index contributed by atoms with van der Waals surface area (Å²) in [5.41, 5.74) is 2.23. The van der Waals surface area contributed by atoms with E-state index < -0.39 is 0 Å². The van der Waals surface area contributed by atoms with Gasteiger partial charge in [-0.15, -0.1) is 0 Å². The minimum Gasteiger partial charge on any atom is -0.253 e. The van der Waals surface area contributed by atoms with Gasteiger partial charge in [0.2, 0.25) is 5.28 Å². The summed E-state index contributed by atoms with van der Waals surface area (Å²) < 4.78 is 0. The number of aryl methyl sites for hydroxylation is 1. The highest BCUT2D eigenvalue weighted by molar-refractivity contribution is 6.30. The molecule has 0 atom stereocenters. The van der Waals surface area contributed by atoms with Crippen LogP contribution in [0.3, 0.4) is 0 Å². The second-order valence-electron chi connectivity index (χ2n) is 3.03. The van der Waals surface area contributed by atoms with Crippen LogP contribution in [0, 0.1) is 6.92 Å². The van der Waals surface area contributed by atoms with Crippen molar-refractivity contribution in [2.45, 2.75) is 6.92 Å². The van der Waals surface area contributed by atoms with Crippen molar-refractivity contribution in [3.8, 4) is 11.4 Å². The first kappa shape index (κ1) is 10.3. The van der Waals surface area contributed by atoms with Crippen LogP contribution in [-0.4, -0.2) is 15.0 Å². The van der Waals surface area contributed by atoms with Gasteiger partial charge >= 0.3 is 0 Å². The SMILES string of the molecule is Cc1cc(-c2ccc(Cl)cn2)nc(Cl)n1. The molecule has 0 spiro atoms. The maximum absolute atomic E-state index is 5.76. The highest BCUT2D eigenvalue weighted by Gasteiger charge is 2.04. The fourth-order valence-electron chi connectivity index (χ4n) is 1.19. The predicted molar refractivity (Wildman–Crippen MR) is 60.0 cm³/mol. The van der Waals surface area contributed by atoms with Crippen molar-refractivity contribution in [1.29, 1.82) is 0 Å². The normalized spacial score (nSPS) is 10.3. The number of hydrogen-bond acceptors (Lipinski definition) is 3. The van der Waals surface area contributed by atoms with E-state index in [9.17, 15) is 0 Å². The molecule has 15 heavy (non-hydrogen) atoms. The molecule has 0 aliphatic rings. The Morgan fingerprint density at radius 3 is 2.47 bits per heavy atom. The van der Waals surface area contributed by atoms with Gasteiger partial charge in [-0.05, 0) is 36.7 Å². The summed E-state index contributed by atoms with van der Waals surface area (Å²) in [7, 11) is 0. The first-order chi connectivity index (χ1) is 7.15. The summed E-state index contributed by atoms with van der Waals surface area (Å²) >= 11 is 11.5. The third-order valence-electron chi connectivity index (χ3n) is 1.82. The largest absolute Gasteiger partial charge is 0.253 e. The molecule has 3 nitrogen and oxygen atoms in total. The molecule has 2 heterocycles. The van der Waals surface area contributed by atoms with Gasteiger partial charge in [0.15, 0.2) is 0 Å². The predicted octanol–water partition coefficient (Wildman–Crippen LogP) is 3.15. The molecule has 0 bridgehead atoms. The Morgan fingerprint density at radius 2 is 1.87 bits per heavy atom. The zero-order valence-corrected chi connectivity index (χ0v) is 9.42. The molecule has 2 aromatic rings. The van der Waals surface area contributed by atoms with E-state index in [1.165, 1.54) is 0 Å². The van der Waals surface area contributed by atoms with E-state index in [-0.39, 0.29) is 5.28 Å². The maximum atomic E-state index is 5.76. The molecular weight excluding hydrogens is 233 g/mol. The third kappa shape index (κ3) is 2.43. The van der Waals surface area contributed by atoms with Gasteiger partial charge in [0, 0.05) is 11.9 Å². The Balaban J connectivity index is 2.49. The molecule has 0 aliphatic heterocycles. The molecule has 0 aliphatic carbocycles. The van der Waals surface area contributed by atoms with Crippen LogP contribution >= 0.6 is 23.2 Å². The molecule has 2 rings (SSSR count). The number of pyridine rings is 1. The van der Waals surface area contributed by atoms with E-state index in [0.29, 0.717) is 10.7 Å². The van der Waals surface area contributed by atoms with E-state index >= 15 is 0 Å². The lowest BCUT2D eigenvalue weighted by atomic mass is 10.2. The van der Waals surface area contributed by atoms with Gasteiger partial charge < -0.3 is 0 Å². The van der Waals surface area contributed by atoms with Crippen LogP contribution in [0.1, 0.15) is 5.69 Å². The highest BCUT2D eigenvalue weighted by Crippen LogP contribution is 2.18. The fourth-order valence-corrected chi connectivity index (χ4v) is 1.53. The molecule has 0 aromatic carbocycles. The third-order valence-corrected chi connectivity index (χ3v) is 2.21. The number of halogens is 2. The summed E-state index contributed by atoms with van der Waals surface area (Å²) in [6.45, 7) is 1.85. The summed E-state index contributed by atoms with van der Waals surface area (Å²) in [5, 5.41) is 0.817. The number of hydrogen-bond donors (Lipinski definition) is 0. The van der Waals surface area contributed by atoms with Crippen molar-refractivity contribution >= 4 is 23.2 Å². The molecule has 0 saturated heterocycles. The summed E-state index contributed by atoms with van der Waals surface area (Å²) in [5.74, 6) is 0. The van der Waals surface area contributed by atoms with Crippen molar-refractivity contribution in [2.24, 2.45) is 0 Å². The molecule has 0 N–H and O–H groups in total. The molecule has 0 unspecified atom stereocenters. The topological polar surface area (TPSA) is 38.7 Å². The van der Waals surface area contributed by atoms with E-state index in [4.69, 9.17) is 23.2 Å². The van der Waals surface area contributed by atoms with Crippen molar-refractivity contribution in [1.82, 2.24) is 15.0 Å². The number of aromatic nitrogens is 3. The molecule has 0 radical (unpaired) electrons. The standard InChI is InChI=1S/C10H7Cl2N3/c1-6-4-9(15-10(12)14-6)8-3-2-7(11)5-13-8/h2-5H,1H3. The van der Waals surface area contributed by atoms with Crippen LogP contribution in [0.5, 0.6) is 0 Å². The van der Waals surface area contributed by atoms with Crippen LogP contribution in [0.15, 0.2) is 24.4 Å². The lowest BCUT2D eigenvalue weighted by molar-refractivity contribution is 1.10. The number of nitrogens with zero attached hydrogens (tertiary/aromatic N) is 3. The van der Waals surface area contributed by atoms with Gasteiger partial charge in [-0.2, -0.15) is 0 Å². The lowest BCUT2D eigenvalue weighted by Gasteiger charge is -2.01. The molecule has 0 saturated carbocycles. The van der Waals surface area contributed by atoms with Crippen LogP contribution in [0.2, 0.25) is 10.3 Å².